The first-order chi connectivity index (χ1) is 9.61. The number of halogens is 2. The van der Waals surface area contributed by atoms with Gasteiger partial charge in [-0.3, -0.25) is 10.2 Å². The smallest absolute Gasteiger partial charge is 0.241 e. The van der Waals surface area contributed by atoms with Gasteiger partial charge in [-0.15, -0.1) is 0 Å². The second-order valence-corrected chi connectivity index (χ2v) is 6.20. The maximum absolute atomic E-state index is 13.6. The van der Waals surface area contributed by atoms with E-state index in [1.165, 1.54) is 12.1 Å². The Kier molecular flexibility index (Phi) is 5.54. The first-order valence-electron chi connectivity index (χ1n) is 7.10. The normalized spacial score (nSPS) is 16.6. The van der Waals surface area contributed by atoms with Crippen molar-refractivity contribution in [2.75, 3.05) is 6.54 Å². The third kappa shape index (κ3) is 3.79. The molecule has 1 unspecified atom stereocenters. The van der Waals surface area contributed by atoms with Crippen LogP contribution in [-0.4, -0.2) is 12.5 Å². The molecule has 110 valence electrons. The molecule has 5 heteroatoms. The Hall–Kier alpha value is -0.940. The lowest BCUT2D eigenvalue weighted by molar-refractivity contribution is -0.125. The highest BCUT2D eigenvalue weighted by Gasteiger charge is 2.34. The molecule has 0 bridgehead atoms. The zero-order chi connectivity index (χ0) is 14.5. The van der Waals surface area contributed by atoms with E-state index in [1.54, 1.807) is 0 Å². The molecular formula is C15H20BrFN2O. The minimum atomic E-state index is -0.312. The van der Waals surface area contributed by atoms with Gasteiger partial charge in [0.05, 0.1) is 5.92 Å². The first-order valence-corrected chi connectivity index (χ1v) is 7.89. The summed E-state index contributed by atoms with van der Waals surface area (Å²) in [5, 5.41) is 0. The molecule has 0 saturated heterocycles. The molecule has 0 radical (unpaired) electrons. The summed E-state index contributed by atoms with van der Waals surface area (Å²) < 4.78 is 14.2. The molecule has 3 nitrogen and oxygen atoms in total. The van der Waals surface area contributed by atoms with Crippen molar-refractivity contribution >= 4 is 21.8 Å². The zero-order valence-electron chi connectivity index (χ0n) is 11.6. The summed E-state index contributed by atoms with van der Waals surface area (Å²) in [6.45, 7) is 2.77. The lowest BCUT2D eigenvalue weighted by Crippen LogP contribution is -2.43. The third-order valence-corrected chi connectivity index (χ3v) is 4.19. The highest BCUT2D eigenvalue weighted by atomic mass is 79.9. The fourth-order valence-corrected chi connectivity index (χ4v) is 3.00. The molecule has 1 amide bonds. The maximum atomic E-state index is 13.6. The summed E-state index contributed by atoms with van der Waals surface area (Å²) in [5.41, 5.74) is 6.40. The van der Waals surface area contributed by atoms with Gasteiger partial charge in [-0.1, -0.05) is 29.3 Å². The lowest BCUT2D eigenvalue weighted by Gasteiger charge is -2.33. The van der Waals surface area contributed by atoms with Gasteiger partial charge in [0.15, 0.2) is 0 Å². The Balaban J connectivity index is 2.16. The van der Waals surface area contributed by atoms with E-state index in [9.17, 15) is 9.18 Å². The predicted octanol–water partition coefficient (Wildman–Crippen LogP) is 3.50. The maximum Gasteiger partial charge on any atom is 0.241 e. The number of carbonyl (C=O) groups excluding carboxylic acids is 1. The van der Waals surface area contributed by atoms with Crippen molar-refractivity contribution in [1.82, 2.24) is 10.9 Å². The van der Waals surface area contributed by atoms with Gasteiger partial charge in [0.25, 0.3) is 0 Å². The molecule has 0 aliphatic heterocycles. The van der Waals surface area contributed by atoms with Crippen LogP contribution in [0.15, 0.2) is 22.7 Å². The van der Waals surface area contributed by atoms with E-state index in [-0.39, 0.29) is 17.6 Å². The molecule has 20 heavy (non-hydrogen) atoms. The molecule has 0 heterocycles. The number of hydrogen-bond acceptors (Lipinski definition) is 2. The number of hydrogen-bond donors (Lipinski definition) is 2. The van der Waals surface area contributed by atoms with E-state index in [2.05, 4.69) is 26.8 Å². The number of carbonyl (C=O) groups is 1. The van der Waals surface area contributed by atoms with Crippen LogP contribution in [0.3, 0.4) is 0 Å². The fraction of sp³-hybridized carbons (Fsp3) is 0.533. The molecule has 1 aromatic carbocycles. The van der Waals surface area contributed by atoms with Crippen LogP contribution >= 0.6 is 15.9 Å². The van der Waals surface area contributed by atoms with Crippen LogP contribution in [-0.2, 0) is 4.79 Å². The van der Waals surface area contributed by atoms with Crippen LogP contribution < -0.4 is 10.9 Å². The van der Waals surface area contributed by atoms with Crippen molar-refractivity contribution in [1.29, 1.82) is 0 Å². The quantitative estimate of drug-likeness (QED) is 0.613. The lowest BCUT2D eigenvalue weighted by atomic mass is 9.72. The van der Waals surface area contributed by atoms with Crippen molar-refractivity contribution in [2.24, 2.45) is 5.92 Å². The van der Waals surface area contributed by atoms with Crippen molar-refractivity contribution < 1.29 is 9.18 Å². The van der Waals surface area contributed by atoms with Gasteiger partial charge < -0.3 is 0 Å². The van der Waals surface area contributed by atoms with Gasteiger partial charge in [-0.05, 0) is 48.9 Å². The topological polar surface area (TPSA) is 41.1 Å². The average molecular weight is 343 g/mol. The van der Waals surface area contributed by atoms with Crippen LogP contribution in [0.1, 0.15) is 44.1 Å². The van der Waals surface area contributed by atoms with E-state index < -0.39 is 0 Å². The Morgan fingerprint density at radius 1 is 1.45 bits per heavy atom. The second kappa shape index (κ2) is 7.18. The van der Waals surface area contributed by atoms with Crippen LogP contribution in [0.2, 0.25) is 0 Å². The highest BCUT2D eigenvalue weighted by molar-refractivity contribution is 9.10. The minimum Gasteiger partial charge on any atom is -0.291 e. The van der Waals surface area contributed by atoms with E-state index in [4.69, 9.17) is 0 Å². The molecule has 2 N–H and O–H groups in total. The van der Waals surface area contributed by atoms with Crippen molar-refractivity contribution in [3.63, 3.8) is 0 Å². The number of rotatable bonds is 6. The summed E-state index contributed by atoms with van der Waals surface area (Å²) >= 11 is 3.30. The van der Waals surface area contributed by atoms with E-state index >= 15 is 0 Å². The molecule has 2 rings (SSSR count). The Labute approximate surface area is 127 Å². The molecule has 1 aromatic rings. The molecule has 1 saturated carbocycles. The average Bonchev–Trinajstić information content (AvgIpc) is 2.32. The summed E-state index contributed by atoms with van der Waals surface area (Å²) in [7, 11) is 0. The largest absolute Gasteiger partial charge is 0.291 e. The van der Waals surface area contributed by atoms with E-state index in [0.29, 0.717) is 10.4 Å². The van der Waals surface area contributed by atoms with Gasteiger partial charge in [0.2, 0.25) is 5.91 Å². The summed E-state index contributed by atoms with van der Waals surface area (Å²) in [4.78, 5) is 12.4. The van der Waals surface area contributed by atoms with Crippen molar-refractivity contribution in [2.45, 2.75) is 38.5 Å². The van der Waals surface area contributed by atoms with E-state index in [0.717, 1.165) is 37.8 Å². The van der Waals surface area contributed by atoms with Crippen LogP contribution in [0.25, 0.3) is 0 Å². The SMILES string of the molecule is CCCNNC(=O)C(c1cc(F)cc(Br)c1)C1CCC1. The number of hydrazine groups is 1. The Morgan fingerprint density at radius 2 is 2.20 bits per heavy atom. The van der Waals surface area contributed by atoms with Gasteiger partial charge in [0, 0.05) is 11.0 Å². The Morgan fingerprint density at radius 3 is 2.75 bits per heavy atom. The van der Waals surface area contributed by atoms with Crippen LogP contribution in [0.4, 0.5) is 4.39 Å². The van der Waals surface area contributed by atoms with Gasteiger partial charge in [0.1, 0.15) is 5.82 Å². The van der Waals surface area contributed by atoms with Crippen molar-refractivity contribution in [3.05, 3.63) is 34.1 Å². The zero-order valence-corrected chi connectivity index (χ0v) is 13.2. The molecule has 1 atom stereocenters. The summed E-state index contributed by atoms with van der Waals surface area (Å²) in [6.07, 6.45) is 4.15. The number of nitrogens with one attached hydrogen (secondary N) is 2. The number of amides is 1. The molecule has 1 aliphatic carbocycles. The standard InChI is InChI=1S/C15H20BrFN2O/c1-2-6-18-19-15(20)14(10-4-3-5-10)11-7-12(16)9-13(17)8-11/h7-10,14,18H,2-6H2,1H3,(H,19,20). The van der Waals surface area contributed by atoms with Gasteiger partial charge in [-0.25, -0.2) is 9.82 Å². The summed E-state index contributed by atoms with van der Waals surface area (Å²) in [6, 6.07) is 4.72. The van der Waals surface area contributed by atoms with Crippen LogP contribution in [0, 0.1) is 11.7 Å². The van der Waals surface area contributed by atoms with Crippen LogP contribution in [0.5, 0.6) is 0 Å². The molecule has 1 fully saturated rings. The Bertz CT molecular complexity index is 457. The predicted molar refractivity (Wildman–Crippen MR) is 80.6 cm³/mol. The second-order valence-electron chi connectivity index (χ2n) is 5.29. The highest BCUT2D eigenvalue weighted by Crippen LogP contribution is 2.40. The minimum absolute atomic E-state index is 0.0688. The molecule has 0 spiro atoms. The fourth-order valence-electron chi connectivity index (χ4n) is 2.52. The van der Waals surface area contributed by atoms with E-state index in [1.807, 2.05) is 13.0 Å². The number of benzene rings is 1. The van der Waals surface area contributed by atoms with Crippen molar-refractivity contribution in [3.8, 4) is 0 Å². The summed E-state index contributed by atoms with van der Waals surface area (Å²) in [5.74, 6) is -0.346. The third-order valence-electron chi connectivity index (χ3n) is 3.73. The van der Waals surface area contributed by atoms with Gasteiger partial charge >= 0.3 is 0 Å². The molecular weight excluding hydrogens is 323 g/mol. The first kappa shape index (κ1) is 15.4. The molecule has 1 aliphatic rings. The molecule has 0 aromatic heterocycles. The van der Waals surface area contributed by atoms with Gasteiger partial charge in [-0.2, -0.15) is 0 Å². The monoisotopic (exact) mass is 342 g/mol.